The number of aromatic hydroxyl groups is 1. The zero-order valence-electron chi connectivity index (χ0n) is 12.5. The van der Waals surface area contributed by atoms with E-state index in [0.717, 1.165) is 31.0 Å². The molecule has 0 atom stereocenters. The quantitative estimate of drug-likeness (QED) is 0.425. The van der Waals surface area contributed by atoms with E-state index >= 15 is 0 Å². The molecule has 0 saturated carbocycles. The van der Waals surface area contributed by atoms with E-state index in [2.05, 4.69) is 15.2 Å². The van der Waals surface area contributed by atoms with Crippen LogP contribution in [0.4, 0.5) is 0 Å². The second kappa shape index (κ2) is 8.53. The Morgan fingerprint density at radius 1 is 1.41 bits per heavy atom. The van der Waals surface area contributed by atoms with Crippen LogP contribution >= 0.6 is 11.8 Å². The summed E-state index contributed by atoms with van der Waals surface area (Å²) >= 11 is 1.93. The van der Waals surface area contributed by atoms with Crippen molar-refractivity contribution in [1.82, 2.24) is 10.2 Å². The highest BCUT2D eigenvalue weighted by Gasteiger charge is 2.11. The predicted molar refractivity (Wildman–Crippen MR) is 90.4 cm³/mol. The van der Waals surface area contributed by atoms with Gasteiger partial charge in [0.2, 0.25) is 0 Å². The number of rotatable bonds is 5. The number of benzene rings is 1. The van der Waals surface area contributed by atoms with Gasteiger partial charge in [-0.2, -0.15) is 11.8 Å². The number of phenolic OH excluding ortho intramolecular Hbond substituents is 1. The summed E-state index contributed by atoms with van der Waals surface area (Å²) in [7, 11) is 0. The first-order valence-electron chi connectivity index (χ1n) is 7.36. The van der Waals surface area contributed by atoms with E-state index in [-0.39, 0.29) is 11.7 Å². The van der Waals surface area contributed by atoms with Crippen molar-refractivity contribution >= 4 is 23.6 Å². The van der Waals surface area contributed by atoms with Crippen LogP contribution in [0.15, 0.2) is 29.3 Å². The first-order valence-corrected chi connectivity index (χ1v) is 8.52. The Morgan fingerprint density at radius 3 is 2.91 bits per heavy atom. The van der Waals surface area contributed by atoms with Crippen LogP contribution in [0, 0.1) is 0 Å². The lowest BCUT2D eigenvalue weighted by Crippen LogP contribution is -2.42. The fourth-order valence-corrected chi connectivity index (χ4v) is 3.02. The summed E-state index contributed by atoms with van der Waals surface area (Å²) in [5, 5.41) is 12.1. The first kappa shape index (κ1) is 16.5. The van der Waals surface area contributed by atoms with Crippen molar-refractivity contribution < 1.29 is 9.90 Å². The maximum Gasteiger partial charge on any atom is 0.251 e. The van der Waals surface area contributed by atoms with Crippen LogP contribution in [-0.2, 0) is 0 Å². The molecule has 22 heavy (non-hydrogen) atoms. The minimum absolute atomic E-state index is 0.0877. The van der Waals surface area contributed by atoms with E-state index in [0.29, 0.717) is 24.6 Å². The molecule has 0 spiro atoms. The summed E-state index contributed by atoms with van der Waals surface area (Å²) in [6.45, 7) is 3.03. The predicted octanol–water partition coefficient (Wildman–Crippen LogP) is 0.876. The van der Waals surface area contributed by atoms with Gasteiger partial charge in [-0.25, -0.2) is 0 Å². The van der Waals surface area contributed by atoms with Gasteiger partial charge in [0.05, 0.1) is 0 Å². The smallest absolute Gasteiger partial charge is 0.251 e. The first-order chi connectivity index (χ1) is 10.7. The van der Waals surface area contributed by atoms with Gasteiger partial charge in [-0.3, -0.25) is 9.79 Å². The SMILES string of the molecule is NC(=NCCCNC(=O)c1cccc(O)c1)N1CCSCC1. The monoisotopic (exact) mass is 322 g/mol. The van der Waals surface area contributed by atoms with Crippen molar-refractivity contribution in [2.45, 2.75) is 6.42 Å². The van der Waals surface area contributed by atoms with E-state index in [1.54, 1.807) is 12.1 Å². The number of nitrogens with two attached hydrogens (primary N) is 1. The van der Waals surface area contributed by atoms with Crippen LogP contribution in [0.2, 0.25) is 0 Å². The molecule has 0 aromatic heterocycles. The molecule has 0 bridgehead atoms. The van der Waals surface area contributed by atoms with Crippen LogP contribution in [0.5, 0.6) is 5.75 Å². The Labute approximate surface area is 134 Å². The molecule has 6 nitrogen and oxygen atoms in total. The zero-order chi connectivity index (χ0) is 15.8. The summed E-state index contributed by atoms with van der Waals surface area (Å²) in [4.78, 5) is 18.3. The lowest BCUT2D eigenvalue weighted by atomic mass is 10.2. The largest absolute Gasteiger partial charge is 0.508 e. The van der Waals surface area contributed by atoms with Crippen LogP contribution in [0.3, 0.4) is 0 Å². The fourth-order valence-electron chi connectivity index (χ4n) is 2.12. The van der Waals surface area contributed by atoms with Crippen molar-refractivity contribution in [2.24, 2.45) is 10.7 Å². The van der Waals surface area contributed by atoms with Crippen molar-refractivity contribution in [1.29, 1.82) is 0 Å². The summed E-state index contributed by atoms with van der Waals surface area (Å²) in [6.07, 6.45) is 0.730. The number of nitrogens with zero attached hydrogens (tertiary/aromatic N) is 2. The summed E-state index contributed by atoms with van der Waals surface area (Å²) < 4.78 is 0. The molecule has 0 aliphatic carbocycles. The van der Waals surface area contributed by atoms with Crippen molar-refractivity contribution in [3.63, 3.8) is 0 Å². The summed E-state index contributed by atoms with van der Waals surface area (Å²) in [6, 6.07) is 6.29. The van der Waals surface area contributed by atoms with Crippen LogP contribution < -0.4 is 11.1 Å². The number of phenols is 1. The highest BCUT2D eigenvalue weighted by molar-refractivity contribution is 7.99. The maximum atomic E-state index is 11.8. The minimum atomic E-state index is -0.194. The number of carbonyl (C=O) groups excluding carboxylic acids is 1. The van der Waals surface area contributed by atoms with Gasteiger partial charge in [-0.15, -0.1) is 0 Å². The Hall–Kier alpha value is -1.89. The van der Waals surface area contributed by atoms with Gasteiger partial charge < -0.3 is 21.1 Å². The van der Waals surface area contributed by atoms with Gasteiger partial charge in [-0.1, -0.05) is 6.07 Å². The molecule has 1 fully saturated rings. The van der Waals surface area contributed by atoms with Crippen molar-refractivity contribution in [3.05, 3.63) is 29.8 Å². The van der Waals surface area contributed by atoms with Crippen LogP contribution in [0.1, 0.15) is 16.8 Å². The van der Waals surface area contributed by atoms with Crippen molar-refractivity contribution in [2.75, 3.05) is 37.7 Å². The topological polar surface area (TPSA) is 90.9 Å². The number of carbonyl (C=O) groups is 1. The molecule has 1 aliphatic rings. The number of nitrogens with one attached hydrogen (secondary N) is 1. The third-order valence-electron chi connectivity index (χ3n) is 3.34. The maximum absolute atomic E-state index is 11.8. The Kier molecular flexibility index (Phi) is 6.39. The molecule has 1 aromatic carbocycles. The van der Waals surface area contributed by atoms with Gasteiger partial charge in [-0.05, 0) is 24.6 Å². The zero-order valence-corrected chi connectivity index (χ0v) is 13.3. The molecular weight excluding hydrogens is 300 g/mol. The molecule has 1 amide bonds. The van der Waals surface area contributed by atoms with Crippen molar-refractivity contribution in [3.8, 4) is 5.75 Å². The van der Waals surface area contributed by atoms with E-state index in [4.69, 9.17) is 5.73 Å². The summed E-state index contributed by atoms with van der Waals surface area (Å²) in [5.74, 6) is 2.68. The molecule has 0 radical (unpaired) electrons. The normalized spacial score (nSPS) is 15.6. The molecule has 120 valence electrons. The fraction of sp³-hybridized carbons (Fsp3) is 0.467. The number of thioether (sulfide) groups is 1. The standard InChI is InChI=1S/C15H22N4O2S/c16-15(19-7-9-22-10-8-19)18-6-2-5-17-14(21)12-3-1-4-13(20)11-12/h1,3-4,11,20H,2,5-10H2,(H2,16,18)(H,17,21). The second-order valence-electron chi connectivity index (χ2n) is 5.00. The number of hydrogen-bond donors (Lipinski definition) is 3. The molecule has 1 heterocycles. The van der Waals surface area contributed by atoms with Crippen LogP contribution in [0.25, 0.3) is 0 Å². The third kappa shape index (κ3) is 5.14. The van der Waals surface area contributed by atoms with E-state index in [9.17, 15) is 9.90 Å². The lowest BCUT2D eigenvalue weighted by Gasteiger charge is -2.27. The minimum Gasteiger partial charge on any atom is -0.508 e. The average Bonchev–Trinajstić information content (AvgIpc) is 2.55. The molecular formula is C15H22N4O2S. The average molecular weight is 322 g/mol. The molecule has 0 unspecified atom stereocenters. The Balaban J connectivity index is 1.67. The Bertz CT molecular complexity index is 530. The van der Waals surface area contributed by atoms with E-state index < -0.39 is 0 Å². The molecule has 1 aliphatic heterocycles. The summed E-state index contributed by atoms with van der Waals surface area (Å²) in [5.41, 5.74) is 6.40. The molecule has 1 saturated heterocycles. The Morgan fingerprint density at radius 2 is 2.18 bits per heavy atom. The van der Waals surface area contributed by atoms with Gasteiger partial charge >= 0.3 is 0 Å². The van der Waals surface area contributed by atoms with Gasteiger partial charge in [0.1, 0.15) is 5.75 Å². The van der Waals surface area contributed by atoms with E-state index in [1.807, 2.05) is 11.8 Å². The van der Waals surface area contributed by atoms with Gasteiger partial charge in [0.25, 0.3) is 5.91 Å². The number of aliphatic imine (C=N–C) groups is 1. The van der Waals surface area contributed by atoms with Gasteiger partial charge in [0.15, 0.2) is 5.96 Å². The van der Waals surface area contributed by atoms with Crippen LogP contribution in [-0.4, -0.2) is 59.6 Å². The lowest BCUT2D eigenvalue weighted by molar-refractivity contribution is 0.0953. The third-order valence-corrected chi connectivity index (χ3v) is 4.28. The molecule has 4 N–H and O–H groups in total. The van der Waals surface area contributed by atoms with E-state index in [1.165, 1.54) is 12.1 Å². The highest BCUT2D eigenvalue weighted by atomic mass is 32.2. The number of guanidine groups is 1. The molecule has 7 heteroatoms. The number of hydrogen-bond acceptors (Lipinski definition) is 4. The molecule has 1 aromatic rings. The molecule has 2 rings (SSSR count). The van der Waals surface area contributed by atoms with Gasteiger partial charge in [0, 0.05) is 43.2 Å². The highest BCUT2D eigenvalue weighted by Crippen LogP contribution is 2.10. The number of amides is 1. The second-order valence-corrected chi connectivity index (χ2v) is 6.22.